The van der Waals surface area contributed by atoms with Crippen molar-refractivity contribution in [2.24, 2.45) is 5.73 Å². The van der Waals surface area contributed by atoms with Crippen molar-refractivity contribution in [3.05, 3.63) is 30.0 Å². The summed E-state index contributed by atoms with van der Waals surface area (Å²) in [6.45, 7) is 5.95. The summed E-state index contributed by atoms with van der Waals surface area (Å²) in [6, 6.07) is 6.68. The molecule has 1 aromatic carbocycles. The Morgan fingerprint density at radius 1 is 1.14 bits per heavy atom. The van der Waals surface area contributed by atoms with Crippen molar-refractivity contribution in [3.63, 3.8) is 0 Å². The van der Waals surface area contributed by atoms with Crippen LogP contribution >= 0.6 is 0 Å². The van der Waals surface area contributed by atoms with Gasteiger partial charge in [-0.1, -0.05) is 12.8 Å². The molecule has 2 aliphatic rings. The number of benzene rings is 1. The Kier molecular flexibility index (Phi) is 6.40. The Morgan fingerprint density at radius 2 is 1.93 bits per heavy atom. The van der Waals surface area contributed by atoms with Gasteiger partial charge < -0.3 is 19.9 Å². The highest BCUT2D eigenvalue weighted by Gasteiger charge is 2.26. The molecule has 4 rings (SSSR count). The normalized spacial score (nSPS) is 21.5. The molecule has 6 nitrogen and oxygen atoms in total. The van der Waals surface area contributed by atoms with Gasteiger partial charge in [0.25, 0.3) is 0 Å². The van der Waals surface area contributed by atoms with E-state index in [1.165, 1.54) is 63.7 Å². The third-order valence-corrected chi connectivity index (χ3v) is 6.54. The fraction of sp³-hybridized carbons (Fsp3) is 0.609. The van der Waals surface area contributed by atoms with Gasteiger partial charge in [0.05, 0.1) is 7.11 Å². The summed E-state index contributed by atoms with van der Waals surface area (Å²) in [7, 11) is 1.69. The molecular weight excluding hydrogens is 364 g/mol. The summed E-state index contributed by atoms with van der Waals surface area (Å²) in [5.41, 5.74) is 7.79. The quantitative estimate of drug-likeness (QED) is 0.779. The molecule has 1 amide bonds. The van der Waals surface area contributed by atoms with E-state index in [4.69, 9.17) is 10.5 Å². The molecule has 0 bridgehead atoms. The molecule has 29 heavy (non-hydrogen) atoms. The van der Waals surface area contributed by atoms with Gasteiger partial charge in [-0.3, -0.25) is 9.69 Å². The number of nitrogens with zero attached hydrogens (tertiary/aromatic N) is 3. The minimum Gasteiger partial charge on any atom is -0.497 e. The first-order chi connectivity index (χ1) is 14.1. The summed E-state index contributed by atoms with van der Waals surface area (Å²) >= 11 is 0. The number of carbonyl (C=O) groups excluding carboxylic acids is 1. The molecule has 2 N–H and O–H groups in total. The smallest absolute Gasteiger partial charge is 0.237 e. The number of piperidine rings is 2. The second kappa shape index (κ2) is 9.18. The molecule has 6 heteroatoms. The number of hydrogen-bond acceptors (Lipinski definition) is 4. The lowest BCUT2D eigenvalue weighted by Crippen LogP contribution is -2.47. The van der Waals surface area contributed by atoms with Crippen LogP contribution in [0.5, 0.6) is 5.75 Å². The Morgan fingerprint density at radius 3 is 2.69 bits per heavy atom. The van der Waals surface area contributed by atoms with E-state index in [0.29, 0.717) is 6.04 Å². The number of hydrogen-bond donors (Lipinski definition) is 1. The van der Waals surface area contributed by atoms with Crippen LogP contribution in [0, 0.1) is 0 Å². The van der Waals surface area contributed by atoms with Gasteiger partial charge in [0.2, 0.25) is 5.91 Å². The van der Waals surface area contributed by atoms with Crippen LogP contribution in [-0.4, -0.2) is 59.6 Å². The third kappa shape index (κ3) is 4.75. The van der Waals surface area contributed by atoms with Crippen molar-refractivity contribution in [3.8, 4) is 5.75 Å². The molecular formula is C23H34N4O2. The summed E-state index contributed by atoms with van der Waals surface area (Å²) < 4.78 is 7.44. The number of aromatic nitrogens is 1. The fourth-order valence-corrected chi connectivity index (χ4v) is 5.04. The van der Waals surface area contributed by atoms with E-state index in [2.05, 4.69) is 22.1 Å². The molecule has 3 heterocycles. The van der Waals surface area contributed by atoms with Gasteiger partial charge in [-0.15, -0.1) is 0 Å². The Hall–Kier alpha value is -2.05. The van der Waals surface area contributed by atoms with Crippen molar-refractivity contribution < 1.29 is 9.53 Å². The van der Waals surface area contributed by atoms with Crippen LogP contribution in [0.1, 0.15) is 44.1 Å². The van der Waals surface area contributed by atoms with Gasteiger partial charge in [-0.2, -0.15) is 0 Å². The monoisotopic (exact) mass is 398 g/mol. The lowest BCUT2D eigenvalue weighted by molar-refractivity contribution is -0.118. The zero-order valence-electron chi connectivity index (χ0n) is 17.6. The largest absolute Gasteiger partial charge is 0.497 e. The van der Waals surface area contributed by atoms with Gasteiger partial charge in [-0.05, 0) is 69.1 Å². The number of nitrogens with two attached hydrogens (primary N) is 1. The average molecular weight is 399 g/mol. The van der Waals surface area contributed by atoms with Gasteiger partial charge in [0, 0.05) is 36.2 Å². The SMILES string of the molecule is COc1ccc2c(c1)c(CN1CCCC[C@H]1CN1CCCCC1)cn2CC(N)=O. The number of primary amides is 1. The first-order valence-electron chi connectivity index (χ1n) is 11.0. The molecule has 0 aliphatic carbocycles. The standard InChI is InChI=1S/C23H34N4O2/c1-29-20-8-9-22-21(13-20)18(15-27(22)17-23(24)28)14-26-12-6-3-7-19(26)16-25-10-4-2-5-11-25/h8-9,13,15,19H,2-7,10-12,14,16-17H2,1H3,(H2,24,28)/t19-/m0/s1. The van der Waals surface area contributed by atoms with Crippen LogP contribution < -0.4 is 10.5 Å². The predicted octanol–water partition coefficient (Wildman–Crippen LogP) is 2.98. The number of fused-ring (bicyclic) bond motifs is 1. The molecule has 2 aliphatic heterocycles. The van der Waals surface area contributed by atoms with Crippen LogP contribution in [0.4, 0.5) is 0 Å². The molecule has 0 unspecified atom stereocenters. The van der Waals surface area contributed by atoms with E-state index in [9.17, 15) is 4.79 Å². The van der Waals surface area contributed by atoms with Crippen LogP contribution in [0.2, 0.25) is 0 Å². The zero-order valence-corrected chi connectivity index (χ0v) is 17.6. The third-order valence-electron chi connectivity index (χ3n) is 6.54. The zero-order chi connectivity index (χ0) is 20.2. The van der Waals surface area contributed by atoms with Crippen LogP contribution in [0.25, 0.3) is 10.9 Å². The van der Waals surface area contributed by atoms with Crippen LogP contribution in [-0.2, 0) is 17.9 Å². The number of carbonyl (C=O) groups is 1. The number of methoxy groups -OCH3 is 1. The van der Waals surface area contributed by atoms with E-state index in [-0.39, 0.29) is 12.5 Å². The molecule has 2 fully saturated rings. The first-order valence-corrected chi connectivity index (χ1v) is 11.0. The van der Waals surface area contributed by atoms with E-state index in [0.717, 1.165) is 29.7 Å². The molecule has 1 atom stereocenters. The Balaban J connectivity index is 1.58. The number of ether oxygens (including phenoxy) is 1. The predicted molar refractivity (Wildman–Crippen MR) is 116 cm³/mol. The highest BCUT2D eigenvalue weighted by atomic mass is 16.5. The number of amides is 1. The van der Waals surface area contributed by atoms with Gasteiger partial charge in [-0.25, -0.2) is 0 Å². The highest BCUT2D eigenvalue weighted by Crippen LogP contribution is 2.29. The summed E-state index contributed by atoms with van der Waals surface area (Å²) in [4.78, 5) is 16.9. The maximum atomic E-state index is 11.6. The Labute approximate surface area is 173 Å². The molecule has 2 aromatic rings. The summed E-state index contributed by atoms with van der Waals surface area (Å²) in [5, 5.41) is 1.16. The van der Waals surface area contributed by atoms with Gasteiger partial charge in [0.15, 0.2) is 0 Å². The fourth-order valence-electron chi connectivity index (χ4n) is 5.04. The van der Waals surface area contributed by atoms with E-state index >= 15 is 0 Å². The van der Waals surface area contributed by atoms with Crippen LogP contribution in [0.3, 0.4) is 0 Å². The van der Waals surface area contributed by atoms with Crippen molar-refractivity contribution in [2.45, 2.75) is 57.7 Å². The molecule has 0 saturated carbocycles. The molecule has 0 radical (unpaired) electrons. The molecule has 2 saturated heterocycles. The second-order valence-electron chi connectivity index (χ2n) is 8.61. The molecule has 1 aromatic heterocycles. The highest BCUT2D eigenvalue weighted by molar-refractivity contribution is 5.87. The maximum Gasteiger partial charge on any atom is 0.237 e. The number of likely N-dealkylation sites (tertiary alicyclic amines) is 2. The molecule has 158 valence electrons. The maximum absolute atomic E-state index is 11.6. The van der Waals surface area contributed by atoms with E-state index in [1.807, 2.05) is 16.7 Å². The minimum absolute atomic E-state index is 0.208. The van der Waals surface area contributed by atoms with Gasteiger partial charge >= 0.3 is 0 Å². The minimum atomic E-state index is -0.315. The van der Waals surface area contributed by atoms with Gasteiger partial charge in [0.1, 0.15) is 12.3 Å². The van der Waals surface area contributed by atoms with E-state index < -0.39 is 0 Å². The summed E-state index contributed by atoms with van der Waals surface area (Å²) in [5.74, 6) is 0.532. The summed E-state index contributed by atoms with van der Waals surface area (Å²) in [6.07, 6.45) is 10.0. The van der Waals surface area contributed by atoms with Crippen LogP contribution in [0.15, 0.2) is 24.4 Å². The number of rotatable bonds is 7. The second-order valence-corrected chi connectivity index (χ2v) is 8.61. The van der Waals surface area contributed by atoms with Crippen molar-refractivity contribution in [2.75, 3.05) is 33.3 Å². The lowest BCUT2D eigenvalue weighted by atomic mass is 9.99. The molecule has 0 spiro atoms. The topological polar surface area (TPSA) is 63.7 Å². The average Bonchev–Trinajstić information content (AvgIpc) is 3.06. The van der Waals surface area contributed by atoms with Crippen molar-refractivity contribution >= 4 is 16.8 Å². The van der Waals surface area contributed by atoms with Crippen molar-refractivity contribution in [1.82, 2.24) is 14.4 Å². The van der Waals surface area contributed by atoms with E-state index in [1.54, 1.807) is 7.11 Å². The first kappa shape index (κ1) is 20.2. The Bertz CT molecular complexity index is 841. The lowest BCUT2D eigenvalue weighted by Gasteiger charge is -2.39. The van der Waals surface area contributed by atoms with Crippen molar-refractivity contribution in [1.29, 1.82) is 0 Å².